The fourth-order valence-corrected chi connectivity index (χ4v) is 2.71. The maximum Gasteiger partial charge on any atom is 0.472 e. The summed E-state index contributed by atoms with van der Waals surface area (Å²) >= 11 is 0. The van der Waals surface area contributed by atoms with Crippen molar-refractivity contribution in [2.24, 2.45) is 5.41 Å². The van der Waals surface area contributed by atoms with E-state index in [2.05, 4.69) is 4.52 Å². The Morgan fingerprint density at radius 1 is 1.56 bits per heavy atom. The molecule has 1 aromatic rings. The lowest BCUT2D eigenvalue weighted by atomic mass is 9.83. The van der Waals surface area contributed by atoms with E-state index in [0.717, 1.165) is 0 Å². The Hall–Kier alpha value is -0.870. The third-order valence-corrected chi connectivity index (χ3v) is 3.50. The average molecular weight is 278 g/mol. The average Bonchev–Trinajstić information content (AvgIpc) is 2.43. The van der Waals surface area contributed by atoms with Crippen LogP contribution in [0.3, 0.4) is 0 Å². The quantitative estimate of drug-likeness (QED) is 0.843. The standard InChI is InChI=1S/C12H17O5P/c1-12(2)8-16-18(13,14)17-11(12)9-6-4-5-7-10(9)15-3/h4-7,11H,8H2,1-3H3,(H,13,14)/t11-/m0/s1/i1D3,2D3. The lowest BCUT2D eigenvalue weighted by molar-refractivity contribution is -0.0480. The molecule has 2 atom stereocenters. The smallest absolute Gasteiger partial charge is 0.472 e. The van der Waals surface area contributed by atoms with Crippen LogP contribution in [0.15, 0.2) is 24.3 Å². The normalized spacial score (nSPS) is 37.3. The zero-order chi connectivity index (χ0) is 18.4. The van der Waals surface area contributed by atoms with Crippen LogP contribution in [0.25, 0.3) is 0 Å². The summed E-state index contributed by atoms with van der Waals surface area (Å²) in [6.45, 7) is -7.12. The summed E-state index contributed by atoms with van der Waals surface area (Å²) in [5.41, 5.74) is -2.49. The van der Waals surface area contributed by atoms with Crippen molar-refractivity contribution in [3.63, 3.8) is 0 Å². The molecule has 5 nitrogen and oxygen atoms in total. The Morgan fingerprint density at radius 2 is 2.28 bits per heavy atom. The molecule has 18 heavy (non-hydrogen) atoms. The van der Waals surface area contributed by atoms with Gasteiger partial charge in [0.15, 0.2) is 0 Å². The Morgan fingerprint density at radius 3 is 2.94 bits per heavy atom. The zero-order valence-electron chi connectivity index (χ0n) is 15.6. The van der Waals surface area contributed by atoms with Crippen molar-refractivity contribution in [2.45, 2.75) is 19.8 Å². The van der Waals surface area contributed by atoms with Crippen molar-refractivity contribution in [2.75, 3.05) is 13.7 Å². The molecule has 1 aliphatic rings. The Balaban J connectivity index is 2.74. The molecule has 100 valence electrons. The van der Waals surface area contributed by atoms with Crippen molar-refractivity contribution in [1.82, 2.24) is 0 Å². The lowest BCUT2D eigenvalue weighted by Crippen LogP contribution is -2.33. The van der Waals surface area contributed by atoms with Crippen LogP contribution in [0, 0.1) is 5.41 Å². The number of hydrogen-bond acceptors (Lipinski definition) is 4. The number of phosphoric acid groups is 1. The second-order valence-corrected chi connectivity index (χ2v) is 5.35. The molecular formula is C12H17O5P. The van der Waals surface area contributed by atoms with E-state index in [0.29, 0.717) is 0 Å². The third-order valence-electron chi connectivity index (χ3n) is 2.56. The molecule has 0 amide bonds. The van der Waals surface area contributed by atoms with Gasteiger partial charge in [-0.15, -0.1) is 0 Å². The van der Waals surface area contributed by atoms with Crippen molar-refractivity contribution >= 4 is 7.82 Å². The summed E-state index contributed by atoms with van der Waals surface area (Å²) in [6.07, 6.45) is -1.75. The first kappa shape index (κ1) is 7.65. The number of para-hydroxylation sites is 1. The van der Waals surface area contributed by atoms with Gasteiger partial charge < -0.3 is 9.63 Å². The second kappa shape index (κ2) is 4.67. The second-order valence-electron chi connectivity index (χ2n) is 3.94. The minimum Gasteiger partial charge on any atom is -0.496 e. The molecule has 1 aliphatic heterocycles. The molecule has 6 heteroatoms. The van der Waals surface area contributed by atoms with E-state index < -0.39 is 39.7 Å². The van der Waals surface area contributed by atoms with Crippen LogP contribution < -0.4 is 4.74 Å². The van der Waals surface area contributed by atoms with E-state index in [-0.39, 0.29) is 11.3 Å². The van der Waals surface area contributed by atoms with Gasteiger partial charge >= 0.3 is 7.82 Å². The summed E-state index contributed by atoms with van der Waals surface area (Å²) in [6, 6.07) is 5.97. The van der Waals surface area contributed by atoms with Crippen LogP contribution in [0.4, 0.5) is 0 Å². The van der Waals surface area contributed by atoms with Gasteiger partial charge in [0.25, 0.3) is 0 Å². The van der Waals surface area contributed by atoms with Crippen LogP contribution in [0.1, 0.15) is 33.6 Å². The summed E-state index contributed by atoms with van der Waals surface area (Å²) in [7, 11) is -3.30. The first-order valence-corrected chi connectivity index (χ1v) is 6.64. The van der Waals surface area contributed by atoms with Gasteiger partial charge in [0.1, 0.15) is 11.9 Å². The predicted molar refractivity (Wildman–Crippen MR) is 66.4 cm³/mol. The van der Waals surface area contributed by atoms with E-state index in [1.54, 1.807) is 6.07 Å². The summed E-state index contributed by atoms with van der Waals surface area (Å²) < 4.78 is 73.1. The zero-order valence-corrected chi connectivity index (χ0v) is 10.5. The summed E-state index contributed by atoms with van der Waals surface area (Å²) in [4.78, 5) is 9.64. The number of benzene rings is 1. The largest absolute Gasteiger partial charge is 0.496 e. The molecule has 0 bridgehead atoms. The molecule has 1 N–H and O–H groups in total. The van der Waals surface area contributed by atoms with Crippen LogP contribution in [-0.4, -0.2) is 18.6 Å². The lowest BCUT2D eigenvalue weighted by Gasteiger charge is -2.39. The van der Waals surface area contributed by atoms with Crippen LogP contribution in [0.5, 0.6) is 5.75 Å². The highest BCUT2D eigenvalue weighted by Gasteiger charge is 2.45. The number of phosphoric ester groups is 1. The fraction of sp³-hybridized carbons (Fsp3) is 0.500. The molecular weight excluding hydrogens is 255 g/mol. The predicted octanol–water partition coefficient (Wildman–Crippen LogP) is 2.91. The highest BCUT2D eigenvalue weighted by molar-refractivity contribution is 7.47. The van der Waals surface area contributed by atoms with Gasteiger partial charge in [0, 0.05) is 19.2 Å². The topological polar surface area (TPSA) is 65.0 Å². The van der Waals surface area contributed by atoms with Gasteiger partial charge in [-0.25, -0.2) is 4.57 Å². The molecule has 0 spiro atoms. The van der Waals surface area contributed by atoms with Crippen LogP contribution in [0.2, 0.25) is 0 Å². The number of rotatable bonds is 2. The van der Waals surface area contributed by atoms with Gasteiger partial charge in [-0.2, -0.15) is 0 Å². The van der Waals surface area contributed by atoms with Crippen LogP contribution in [-0.2, 0) is 13.6 Å². The molecule has 1 saturated heterocycles. The number of ether oxygens (including phenoxy) is 1. The van der Waals surface area contributed by atoms with Gasteiger partial charge in [0.2, 0.25) is 0 Å². The van der Waals surface area contributed by atoms with Gasteiger partial charge in [-0.1, -0.05) is 31.9 Å². The van der Waals surface area contributed by atoms with E-state index in [4.69, 9.17) is 17.5 Å². The Labute approximate surface area is 115 Å². The third kappa shape index (κ3) is 2.59. The number of hydrogen-bond donors (Lipinski definition) is 1. The van der Waals surface area contributed by atoms with E-state index in [1.807, 2.05) is 0 Å². The van der Waals surface area contributed by atoms with Gasteiger partial charge in [-0.05, 0) is 6.07 Å². The van der Waals surface area contributed by atoms with Crippen molar-refractivity contribution in [1.29, 1.82) is 0 Å². The molecule has 0 saturated carbocycles. The fourth-order valence-electron chi connectivity index (χ4n) is 1.72. The molecule has 0 radical (unpaired) electrons. The van der Waals surface area contributed by atoms with Crippen molar-refractivity contribution < 1.29 is 31.5 Å². The molecule has 1 aromatic carbocycles. The van der Waals surface area contributed by atoms with Crippen molar-refractivity contribution in [3.05, 3.63) is 29.8 Å². The van der Waals surface area contributed by atoms with Gasteiger partial charge in [-0.3, -0.25) is 9.05 Å². The minimum atomic E-state index is -4.61. The molecule has 2 rings (SSSR count). The SMILES string of the molecule is [2H]C([2H])([2H])C1(C([2H])([2H])[2H])COP(=O)(O)O[C@H]1c1ccccc1OC. The number of methoxy groups -OCH3 is 1. The Bertz CT molecular complexity index is 644. The Kier molecular flexibility index (Phi) is 1.98. The highest BCUT2D eigenvalue weighted by Crippen LogP contribution is 2.59. The molecule has 0 aliphatic carbocycles. The monoisotopic (exact) mass is 278 g/mol. The van der Waals surface area contributed by atoms with E-state index >= 15 is 0 Å². The summed E-state index contributed by atoms with van der Waals surface area (Å²) in [5, 5.41) is 0. The maximum atomic E-state index is 11.9. The maximum absolute atomic E-state index is 11.9. The van der Waals surface area contributed by atoms with E-state index in [9.17, 15) is 9.46 Å². The molecule has 1 unspecified atom stereocenters. The highest BCUT2D eigenvalue weighted by atomic mass is 31.2. The van der Waals surface area contributed by atoms with E-state index in [1.165, 1.54) is 25.3 Å². The minimum absolute atomic E-state index is 0.0461. The molecule has 1 heterocycles. The first-order chi connectivity index (χ1) is 10.9. The summed E-state index contributed by atoms with van der Waals surface area (Å²) in [5.74, 6) is 0.141. The first-order valence-electron chi connectivity index (χ1n) is 8.14. The molecule has 0 aromatic heterocycles. The van der Waals surface area contributed by atoms with Gasteiger partial charge in [0.05, 0.1) is 13.7 Å². The molecule has 1 fully saturated rings. The van der Waals surface area contributed by atoms with Crippen LogP contribution >= 0.6 is 7.82 Å². The van der Waals surface area contributed by atoms with Crippen molar-refractivity contribution in [3.8, 4) is 5.75 Å².